The van der Waals surface area contributed by atoms with Gasteiger partial charge in [0.15, 0.2) is 17.4 Å². The predicted molar refractivity (Wildman–Crippen MR) is 115 cm³/mol. The zero-order chi connectivity index (χ0) is 22.8. The topological polar surface area (TPSA) is 115 Å². The number of aliphatic hydroxyl groups is 4. The number of fused-ring (bicyclic) bond motifs is 5. The maximum Gasteiger partial charge on any atom is 0.175 e. The van der Waals surface area contributed by atoms with E-state index in [-0.39, 0.29) is 35.7 Å². The van der Waals surface area contributed by atoms with Crippen LogP contribution in [0.1, 0.15) is 72.1 Å². The zero-order valence-electron chi connectivity index (χ0n) is 18.9. The molecule has 6 nitrogen and oxygen atoms in total. The van der Waals surface area contributed by atoms with Crippen LogP contribution in [0.2, 0.25) is 0 Å². The second kappa shape index (κ2) is 7.26. The molecule has 0 heterocycles. The van der Waals surface area contributed by atoms with Crippen molar-refractivity contribution in [3.8, 4) is 0 Å². The Labute approximate surface area is 184 Å². The summed E-state index contributed by atoms with van der Waals surface area (Å²) in [5.41, 5.74) is -1.71. The van der Waals surface area contributed by atoms with Crippen molar-refractivity contribution in [2.24, 2.45) is 34.0 Å². The Morgan fingerprint density at radius 2 is 1.81 bits per heavy atom. The van der Waals surface area contributed by atoms with E-state index in [1.54, 1.807) is 6.08 Å². The van der Waals surface area contributed by atoms with Crippen LogP contribution in [0, 0.1) is 34.0 Å². The highest BCUT2D eigenvalue weighted by Gasteiger charge is 2.72. The van der Waals surface area contributed by atoms with Crippen LogP contribution in [0.25, 0.3) is 0 Å². The lowest BCUT2D eigenvalue weighted by Crippen LogP contribution is -2.64. The molecule has 4 aliphatic carbocycles. The van der Waals surface area contributed by atoms with Gasteiger partial charge in [-0.05, 0) is 74.7 Å². The number of aliphatic hydroxyl groups excluding tert-OH is 2. The molecule has 4 rings (SSSR count). The third-order valence-corrected chi connectivity index (χ3v) is 9.80. The summed E-state index contributed by atoms with van der Waals surface area (Å²) in [6.07, 6.45) is 7.59. The number of hydrogen-bond donors (Lipinski definition) is 4. The summed E-state index contributed by atoms with van der Waals surface area (Å²) in [5, 5.41) is 42.2. The molecular weight excluding hydrogens is 396 g/mol. The molecule has 0 aromatic carbocycles. The van der Waals surface area contributed by atoms with Crippen LogP contribution >= 0.6 is 0 Å². The van der Waals surface area contributed by atoms with Crippen molar-refractivity contribution in [2.45, 2.75) is 77.9 Å². The summed E-state index contributed by atoms with van der Waals surface area (Å²) in [5.74, 6) is -2.32. The molecule has 6 heteroatoms. The largest absolute Gasteiger partial charge is 0.508 e. The van der Waals surface area contributed by atoms with Gasteiger partial charge in [0.25, 0.3) is 0 Å². The first-order valence-corrected chi connectivity index (χ1v) is 11.7. The van der Waals surface area contributed by atoms with Crippen molar-refractivity contribution in [3.63, 3.8) is 0 Å². The van der Waals surface area contributed by atoms with Gasteiger partial charge in [0.2, 0.25) is 0 Å². The van der Waals surface area contributed by atoms with Crippen molar-refractivity contribution >= 4 is 11.6 Å². The van der Waals surface area contributed by atoms with Gasteiger partial charge in [-0.1, -0.05) is 25.8 Å². The van der Waals surface area contributed by atoms with Crippen LogP contribution in [0.3, 0.4) is 0 Å². The Morgan fingerprint density at radius 1 is 1.13 bits per heavy atom. The molecule has 4 aliphatic rings. The number of Topliss-reactive ketones (excluding diaryl/α,β-unsaturated/α-hetero) is 1. The molecule has 31 heavy (non-hydrogen) atoms. The fourth-order valence-electron chi connectivity index (χ4n) is 8.37. The van der Waals surface area contributed by atoms with E-state index in [0.29, 0.717) is 38.5 Å². The molecule has 0 aromatic heterocycles. The first-order valence-electron chi connectivity index (χ1n) is 11.7. The Morgan fingerprint density at radius 3 is 2.45 bits per heavy atom. The summed E-state index contributed by atoms with van der Waals surface area (Å²) >= 11 is 0. The Balaban J connectivity index is 1.76. The highest BCUT2D eigenvalue weighted by Crippen LogP contribution is 2.72. The van der Waals surface area contributed by atoms with Crippen LogP contribution in [0.15, 0.2) is 23.5 Å². The van der Waals surface area contributed by atoms with E-state index >= 15 is 0 Å². The molecule has 0 amide bonds. The van der Waals surface area contributed by atoms with Gasteiger partial charge in [0.05, 0.1) is 10.8 Å². The summed E-state index contributed by atoms with van der Waals surface area (Å²) in [7, 11) is 0. The van der Waals surface area contributed by atoms with Gasteiger partial charge in [0.1, 0.15) is 12.4 Å². The van der Waals surface area contributed by atoms with Crippen LogP contribution in [-0.2, 0) is 9.59 Å². The SMILES string of the molecule is CCCC(O)(O)[C@]1(C(=O)CO)CC[C@H]2[C@@H]3CCC4=CC(O)=CC(=O)[C@]4(C)[C@H]3CC[C@@]21C. The molecular formula is C25H36O6. The monoisotopic (exact) mass is 432 g/mol. The number of carbonyl (C=O) groups is 2. The minimum absolute atomic E-state index is 0.0231. The predicted octanol–water partition coefficient (Wildman–Crippen LogP) is 3.21. The molecule has 0 unspecified atom stereocenters. The Bertz CT molecular complexity index is 856. The van der Waals surface area contributed by atoms with E-state index in [1.165, 1.54) is 6.08 Å². The molecule has 4 N–H and O–H groups in total. The Kier molecular flexibility index (Phi) is 5.31. The quantitative estimate of drug-likeness (QED) is 0.496. The minimum Gasteiger partial charge on any atom is -0.508 e. The molecule has 3 saturated carbocycles. The van der Waals surface area contributed by atoms with E-state index in [1.807, 2.05) is 20.8 Å². The molecule has 0 saturated heterocycles. The van der Waals surface area contributed by atoms with Crippen molar-refractivity contribution in [2.75, 3.05) is 6.61 Å². The average Bonchev–Trinajstić information content (AvgIpc) is 3.03. The lowest BCUT2D eigenvalue weighted by molar-refractivity contribution is -0.275. The zero-order valence-corrected chi connectivity index (χ0v) is 18.9. The van der Waals surface area contributed by atoms with Crippen LogP contribution in [-0.4, -0.2) is 44.4 Å². The lowest BCUT2D eigenvalue weighted by atomic mass is 9.44. The molecule has 0 aliphatic heterocycles. The maximum atomic E-state index is 13.2. The average molecular weight is 433 g/mol. The normalized spacial score (nSPS) is 42.3. The summed E-state index contributed by atoms with van der Waals surface area (Å²) in [4.78, 5) is 26.3. The number of hydrogen-bond acceptors (Lipinski definition) is 6. The van der Waals surface area contributed by atoms with Gasteiger partial charge in [-0.2, -0.15) is 0 Å². The standard InChI is InChI=1S/C25H36O6/c1-4-9-25(30,31)24(21(29)14-26)11-8-18-17-6-5-15-12-16(27)13-20(28)23(15,3)19(17)7-10-22(18,24)2/h12-13,17-19,26-27,30-31H,4-11,14H2,1-3H3/t17-,18-,19-,22-,23-,24-/m0/s1. The highest BCUT2D eigenvalue weighted by molar-refractivity contribution is 5.99. The van der Waals surface area contributed by atoms with E-state index in [0.717, 1.165) is 12.0 Å². The lowest BCUT2D eigenvalue weighted by Gasteiger charge is -2.60. The van der Waals surface area contributed by atoms with Gasteiger partial charge in [-0.25, -0.2) is 0 Å². The van der Waals surface area contributed by atoms with Gasteiger partial charge in [-0.15, -0.1) is 0 Å². The van der Waals surface area contributed by atoms with E-state index in [9.17, 15) is 30.0 Å². The number of ketones is 2. The van der Waals surface area contributed by atoms with Crippen molar-refractivity contribution in [3.05, 3.63) is 23.5 Å². The molecule has 172 valence electrons. The van der Waals surface area contributed by atoms with Gasteiger partial charge < -0.3 is 20.4 Å². The van der Waals surface area contributed by atoms with E-state index in [2.05, 4.69) is 0 Å². The fourth-order valence-corrected chi connectivity index (χ4v) is 8.37. The van der Waals surface area contributed by atoms with E-state index < -0.39 is 34.4 Å². The second-order valence-electron chi connectivity index (χ2n) is 10.8. The second-order valence-corrected chi connectivity index (χ2v) is 10.8. The molecule has 6 atom stereocenters. The van der Waals surface area contributed by atoms with Gasteiger partial charge in [0, 0.05) is 12.5 Å². The van der Waals surface area contributed by atoms with Gasteiger partial charge >= 0.3 is 0 Å². The van der Waals surface area contributed by atoms with Crippen LogP contribution in [0.4, 0.5) is 0 Å². The summed E-state index contributed by atoms with van der Waals surface area (Å²) in [6.45, 7) is 5.16. The first-order chi connectivity index (χ1) is 14.5. The molecule has 0 aromatic rings. The van der Waals surface area contributed by atoms with Crippen LogP contribution in [0.5, 0.6) is 0 Å². The molecule has 0 bridgehead atoms. The minimum atomic E-state index is -2.17. The first kappa shape index (κ1) is 22.7. The van der Waals surface area contributed by atoms with E-state index in [4.69, 9.17) is 0 Å². The third kappa shape index (κ3) is 2.74. The highest BCUT2D eigenvalue weighted by atomic mass is 16.5. The Hall–Kier alpha value is -1.50. The smallest absolute Gasteiger partial charge is 0.175 e. The maximum absolute atomic E-state index is 13.2. The molecule has 0 spiro atoms. The van der Waals surface area contributed by atoms with Crippen molar-refractivity contribution in [1.29, 1.82) is 0 Å². The van der Waals surface area contributed by atoms with Crippen LogP contribution < -0.4 is 0 Å². The fraction of sp³-hybridized carbons (Fsp3) is 0.760. The molecule has 3 fully saturated rings. The van der Waals surface area contributed by atoms with Crippen molar-refractivity contribution in [1.82, 2.24) is 0 Å². The number of rotatable bonds is 5. The van der Waals surface area contributed by atoms with Crippen molar-refractivity contribution < 1.29 is 30.0 Å². The summed E-state index contributed by atoms with van der Waals surface area (Å²) < 4.78 is 0. The number of allylic oxidation sites excluding steroid dienone is 3. The number of carbonyl (C=O) groups excluding carboxylic acids is 2. The molecule has 0 radical (unpaired) electrons. The van der Waals surface area contributed by atoms with Gasteiger partial charge in [-0.3, -0.25) is 9.59 Å². The third-order valence-electron chi connectivity index (χ3n) is 9.80. The summed E-state index contributed by atoms with van der Waals surface area (Å²) in [6, 6.07) is 0.